The van der Waals surface area contributed by atoms with Crippen LogP contribution in [0.25, 0.3) is 33.5 Å². The molecule has 4 saturated heterocycles. The Morgan fingerprint density at radius 3 is 1.71 bits per heavy atom. The number of nitrogens with two attached hydrogens (primary N) is 3. The molecule has 0 aromatic carbocycles. The van der Waals surface area contributed by atoms with Crippen molar-refractivity contribution in [1.29, 1.82) is 0 Å². The molecule has 41 heteroatoms. The molecule has 10 heterocycles. The lowest BCUT2D eigenvalue weighted by atomic mass is 9.89. The van der Waals surface area contributed by atoms with Crippen LogP contribution in [-0.4, -0.2) is 176 Å². The molecule has 75 heavy (non-hydrogen) atoms. The van der Waals surface area contributed by atoms with Gasteiger partial charge in [0.2, 0.25) is 0 Å². The van der Waals surface area contributed by atoms with Crippen LogP contribution in [0.1, 0.15) is 31.5 Å². The standard InChI is InChI=1S/C34H45N15O20P4S2/c1-59-20-15(6-62-72(55,56)74)65-32(48-12-45-17-26(36)39-9-42-29(17)48)22(20)68-70(51,52)61-5-14-19(50)21(31(64-14)47-11-44-16-25(35)38-8-41-28(16)47)67-71(53,54)63-7-34-3-2-4-60-24(34)23(69-73(57,58)75)33(66-34)49-13-46-18-27(37)40-10-43-30(18)49/h8-15,19-24,31-33,50H,2-7H2,1H3,(H,51,52)(H,53,54)(H2,35,38,41)(H2,36,39,42)(H2,37,40,43)(H2,55,56,74)(H2,57,58,75)/t14-,15-,19+,20+,21?,22?,23?,24-,31-,32-,33-,34-/m1/s1. The molecule has 4 aliphatic rings. The van der Waals surface area contributed by atoms with Crippen molar-refractivity contribution in [3.8, 4) is 0 Å². The van der Waals surface area contributed by atoms with Crippen LogP contribution in [0.4, 0.5) is 17.5 Å². The first kappa shape index (κ1) is 54.4. The number of phosphoric ester groups is 2. The number of hydrogen-bond acceptors (Lipinski definition) is 28. The third-order valence-corrected chi connectivity index (χ3v) is 16.0. The quantitative estimate of drug-likeness (QED) is 0.0361. The fourth-order valence-corrected chi connectivity index (χ4v) is 12.5. The maximum atomic E-state index is 14.2. The van der Waals surface area contributed by atoms with Gasteiger partial charge in [-0.1, -0.05) is 12.2 Å². The molecule has 12 N–H and O–H groups in total. The number of phosphoric acid groups is 2. The molecule has 0 aliphatic carbocycles. The van der Waals surface area contributed by atoms with Crippen LogP contribution in [0.3, 0.4) is 0 Å². The Kier molecular flexibility index (Phi) is 15.0. The Balaban J connectivity index is 0.900. The summed E-state index contributed by atoms with van der Waals surface area (Å²) < 4.78 is 108. The zero-order valence-electron chi connectivity index (χ0n) is 38.2. The van der Waals surface area contributed by atoms with E-state index >= 15 is 0 Å². The highest BCUT2D eigenvalue weighted by atomic mass is 32.7. The lowest BCUT2D eigenvalue weighted by Gasteiger charge is -2.38. The minimum Gasteiger partial charge on any atom is -0.387 e. The molecule has 6 unspecified atom stereocenters. The van der Waals surface area contributed by atoms with Gasteiger partial charge in [0.25, 0.3) is 0 Å². The SMILES string of the molecule is CO[C@@H]1C(OP(=O)(O)OC[C@H]2O[C@@H](n3cnc4c(N)ncnc43)C(OP(=O)(O)OC[C@]34CCCO[C@@H]3C(OP(=O)(O)S)[C@H](n3cnc5c(N)ncnc53)O4)[C@H]2O)[C@H](n2cnc3c(N)ncnc32)O[C@@H]1COP(O)(O)=S. The normalized spacial score (nSPS) is 31.7. The third kappa shape index (κ3) is 11.0. The maximum Gasteiger partial charge on any atom is 0.472 e. The number of ether oxygens (including phenoxy) is 5. The minimum atomic E-state index is -5.43. The van der Waals surface area contributed by atoms with E-state index < -0.39 is 122 Å². The number of rotatable bonds is 19. The largest absolute Gasteiger partial charge is 0.472 e. The van der Waals surface area contributed by atoms with Crippen molar-refractivity contribution < 1.29 is 94.1 Å². The highest BCUT2D eigenvalue weighted by Gasteiger charge is 2.61. The molecule has 10 rings (SSSR count). The van der Waals surface area contributed by atoms with Gasteiger partial charge in [-0.3, -0.25) is 36.3 Å². The van der Waals surface area contributed by atoms with Crippen LogP contribution in [0.5, 0.6) is 0 Å². The molecule has 408 valence electrons. The predicted molar refractivity (Wildman–Crippen MR) is 255 cm³/mol. The number of nitrogen functional groups attached to an aromatic ring is 3. The van der Waals surface area contributed by atoms with Crippen molar-refractivity contribution in [3.05, 3.63) is 38.0 Å². The Morgan fingerprint density at radius 1 is 0.680 bits per heavy atom. The molecule has 4 fully saturated rings. The summed E-state index contributed by atoms with van der Waals surface area (Å²) in [6.07, 6.45) is -9.49. The van der Waals surface area contributed by atoms with Crippen LogP contribution >= 0.6 is 41.4 Å². The molecule has 4 aliphatic heterocycles. The summed E-state index contributed by atoms with van der Waals surface area (Å²) in [5, 5.41) is 11.9. The van der Waals surface area contributed by atoms with Crippen LogP contribution in [0, 0.1) is 0 Å². The zero-order valence-corrected chi connectivity index (χ0v) is 43.5. The van der Waals surface area contributed by atoms with Crippen molar-refractivity contribution in [2.24, 2.45) is 0 Å². The fourth-order valence-electron chi connectivity index (χ4n) is 9.25. The minimum absolute atomic E-state index is 0.00468. The number of methoxy groups -OCH3 is 1. The van der Waals surface area contributed by atoms with Gasteiger partial charge in [0.05, 0.1) is 38.8 Å². The van der Waals surface area contributed by atoms with Crippen molar-refractivity contribution in [2.45, 2.75) is 86.0 Å². The lowest BCUT2D eigenvalue weighted by molar-refractivity contribution is -0.165. The van der Waals surface area contributed by atoms with E-state index in [9.17, 15) is 43.3 Å². The van der Waals surface area contributed by atoms with Crippen molar-refractivity contribution >= 4 is 104 Å². The topological polar surface area (TPSA) is 483 Å². The van der Waals surface area contributed by atoms with E-state index in [2.05, 4.69) is 68.9 Å². The van der Waals surface area contributed by atoms with Gasteiger partial charge in [-0.15, -0.1) is 0 Å². The molecular weight excluding hydrogens is 1130 g/mol. The second-order valence-electron chi connectivity index (χ2n) is 17.0. The van der Waals surface area contributed by atoms with Crippen molar-refractivity contribution in [3.63, 3.8) is 0 Å². The summed E-state index contributed by atoms with van der Waals surface area (Å²) in [5.41, 5.74) is 16.9. The van der Waals surface area contributed by atoms with Gasteiger partial charge < -0.3 is 75.0 Å². The van der Waals surface area contributed by atoms with Gasteiger partial charge in [-0.25, -0.2) is 58.6 Å². The fraction of sp³-hybridized carbons (Fsp3) is 0.559. The summed E-state index contributed by atoms with van der Waals surface area (Å²) in [7, 11) is -9.58. The number of fused-ring (bicyclic) bond motifs is 4. The molecule has 0 spiro atoms. The van der Waals surface area contributed by atoms with E-state index in [1.54, 1.807) is 0 Å². The summed E-state index contributed by atoms with van der Waals surface area (Å²) in [5.74, 6) is -0.0821. The van der Waals surface area contributed by atoms with E-state index in [4.69, 9.17) is 68.0 Å². The molecular formula is C34H45N15O20P4S2. The number of aliphatic hydroxyl groups excluding tert-OH is 1. The Bertz CT molecular complexity index is 3300. The second-order valence-corrected chi connectivity index (χ2v) is 25.2. The lowest BCUT2D eigenvalue weighted by Crippen LogP contribution is -2.51. The van der Waals surface area contributed by atoms with Gasteiger partial charge >= 0.3 is 29.2 Å². The highest BCUT2D eigenvalue weighted by molar-refractivity contribution is 8.44. The zero-order chi connectivity index (χ0) is 53.4. The molecule has 0 saturated carbocycles. The molecule has 35 nitrogen and oxygen atoms in total. The summed E-state index contributed by atoms with van der Waals surface area (Å²) in [6, 6.07) is 0. The molecule has 6 aromatic rings. The first-order valence-corrected chi connectivity index (χ1v) is 30.2. The average molecular weight is 1170 g/mol. The van der Waals surface area contributed by atoms with E-state index in [0.29, 0.717) is 6.42 Å². The van der Waals surface area contributed by atoms with Gasteiger partial charge in [-0.05, 0) is 24.6 Å². The number of aliphatic hydroxyl groups is 1. The molecule has 0 bridgehead atoms. The summed E-state index contributed by atoms with van der Waals surface area (Å²) >= 11 is 8.31. The molecule has 6 aromatic heterocycles. The van der Waals surface area contributed by atoms with Crippen LogP contribution in [0.2, 0.25) is 0 Å². The number of thiol groups is 1. The van der Waals surface area contributed by atoms with Gasteiger partial charge in [0.15, 0.2) is 53.1 Å². The van der Waals surface area contributed by atoms with E-state index in [-0.39, 0.29) is 64.0 Å². The van der Waals surface area contributed by atoms with E-state index in [1.165, 1.54) is 33.5 Å². The van der Waals surface area contributed by atoms with Gasteiger partial charge in [0.1, 0.15) is 90.0 Å². The van der Waals surface area contributed by atoms with Gasteiger partial charge in [0, 0.05) is 13.7 Å². The third-order valence-electron chi connectivity index (χ3n) is 12.4. The molecule has 0 radical (unpaired) electrons. The Morgan fingerprint density at radius 2 is 1.17 bits per heavy atom. The second kappa shape index (κ2) is 20.7. The number of aromatic nitrogens is 12. The van der Waals surface area contributed by atoms with E-state index in [0.717, 1.165) is 25.3 Å². The smallest absolute Gasteiger partial charge is 0.387 e. The first-order chi connectivity index (χ1) is 35.5. The van der Waals surface area contributed by atoms with Crippen LogP contribution in [-0.2, 0) is 76.3 Å². The van der Waals surface area contributed by atoms with E-state index in [1.807, 2.05) is 0 Å². The number of imidazole rings is 3. The Labute approximate surface area is 430 Å². The van der Waals surface area contributed by atoms with Crippen molar-refractivity contribution in [1.82, 2.24) is 58.6 Å². The molecule has 15 atom stereocenters. The number of anilines is 3. The van der Waals surface area contributed by atoms with Crippen molar-refractivity contribution in [2.75, 3.05) is 50.7 Å². The number of hydrogen-bond donors (Lipinski definition) is 10. The summed E-state index contributed by atoms with van der Waals surface area (Å²) in [6.45, 7) is -11.1. The van der Waals surface area contributed by atoms with Crippen LogP contribution < -0.4 is 17.2 Å². The highest BCUT2D eigenvalue weighted by Crippen LogP contribution is 2.58. The predicted octanol–water partition coefficient (Wildman–Crippen LogP) is -0.484. The average Bonchev–Trinajstić information content (AvgIpc) is 4.24. The van der Waals surface area contributed by atoms with Gasteiger partial charge in [-0.2, -0.15) is 0 Å². The monoisotopic (exact) mass is 1170 g/mol. The maximum absolute atomic E-state index is 14.2. The summed E-state index contributed by atoms with van der Waals surface area (Å²) in [4.78, 5) is 89.8. The Hall–Kier alpha value is -3.94. The first-order valence-electron chi connectivity index (χ1n) is 21.8. The number of nitrogens with zero attached hydrogens (tertiary/aromatic N) is 12. The molecule has 0 amide bonds. The van der Waals surface area contributed by atoms with Crippen LogP contribution in [0.15, 0.2) is 38.0 Å².